The Labute approximate surface area is 200 Å². The minimum Gasteiger partial charge on any atom is -0.492 e. The summed E-state index contributed by atoms with van der Waals surface area (Å²) < 4.78 is 10.6. The van der Waals surface area contributed by atoms with Crippen molar-refractivity contribution in [3.05, 3.63) is 84.1 Å². The number of carbonyl (C=O) groups is 2. The maximum Gasteiger partial charge on any atom is 0.323 e. The lowest BCUT2D eigenvalue weighted by molar-refractivity contribution is -0.143. The van der Waals surface area contributed by atoms with Crippen LogP contribution in [0, 0.1) is 0 Å². The molecule has 0 saturated carbocycles. The second-order valence-electron chi connectivity index (χ2n) is 7.77. The number of aromatic nitrogens is 1. The Morgan fingerprint density at radius 2 is 1.74 bits per heavy atom. The summed E-state index contributed by atoms with van der Waals surface area (Å²) in [6, 6.07) is 20.3. The molecular weight excluding hydrogens is 430 g/mol. The molecule has 1 heterocycles. The molecule has 0 fully saturated rings. The molecule has 1 atom stereocenters. The number of hydrogen-bond acceptors (Lipinski definition) is 6. The van der Waals surface area contributed by atoms with Crippen LogP contribution < -0.4 is 15.4 Å². The zero-order chi connectivity index (χ0) is 24.2. The normalized spacial score (nSPS) is 11.5. The fourth-order valence-corrected chi connectivity index (χ4v) is 3.42. The fraction of sp³-hybridized carbons (Fsp3) is 0.296. The van der Waals surface area contributed by atoms with Crippen molar-refractivity contribution in [2.45, 2.75) is 25.8 Å². The number of benzene rings is 2. The lowest BCUT2D eigenvalue weighted by atomic mass is 10.1. The molecule has 34 heavy (non-hydrogen) atoms. The first-order valence-corrected chi connectivity index (χ1v) is 11.4. The zero-order valence-electron chi connectivity index (χ0n) is 19.6. The number of methoxy groups -OCH3 is 1. The van der Waals surface area contributed by atoms with Gasteiger partial charge in [0.1, 0.15) is 18.4 Å². The Morgan fingerprint density at radius 3 is 2.38 bits per heavy atom. The van der Waals surface area contributed by atoms with Crippen LogP contribution in [0.4, 0.5) is 0 Å². The fourth-order valence-electron chi connectivity index (χ4n) is 3.42. The van der Waals surface area contributed by atoms with Crippen molar-refractivity contribution < 1.29 is 19.1 Å². The summed E-state index contributed by atoms with van der Waals surface area (Å²) in [5.41, 5.74) is 3.42. The first-order chi connectivity index (χ1) is 16.6. The quantitative estimate of drug-likeness (QED) is 0.316. The Bertz CT molecular complexity index is 1040. The highest BCUT2D eigenvalue weighted by atomic mass is 16.5. The molecule has 0 unspecified atom stereocenters. The van der Waals surface area contributed by atoms with Gasteiger partial charge in [-0.3, -0.25) is 14.6 Å². The molecule has 3 rings (SSSR count). The molecule has 1 amide bonds. The summed E-state index contributed by atoms with van der Waals surface area (Å²) in [7, 11) is 1.40. The van der Waals surface area contributed by atoms with E-state index in [1.807, 2.05) is 54.6 Å². The minimum atomic E-state index is -0.370. The average Bonchev–Trinajstić information content (AvgIpc) is 2.89. The molecule has 0 aliphatic heterocycles. The maximum absolute atomic E-state index is 12.4. The highest BCUT2D eigenvalue weighted by molar-refractivity contribution is 5.94. The van der Waals surface area contributed by atoms with Crippen LogP contribution in [0.1, 0.15) is 29.3 Å². The maximum atomic E-state index is 12.4. The number of nitrogens with zero attached hydrogens (tertiary/aromatic N) is 1. The van der Waals surface area contributed by atoms with E-state index < -0.39 is 0 Å². The first kappa shape index (κ1) is 24.9. The van der Waals surface area contributed by atoms with Gasteiger partial charge in [0.25, 0.3) is 5.91 Å². The van der Waals surface area contributed by atoms with Gasteiger partial charge in [-0.05, 0) is 61.3 Å². The van der Waals surface area contributed by atoms with Gasteiger partial charge in [-0.1, -0.05) is 37.3 Å². The van der Waals surface area contributed by atoms with Gasteiger partial charge < -0.3 is 20.1 Å². The molecule has 1 aromatic heterocycles. The van der Waals surface area contributed by atoms with Gasteiger partial charge in [0, 0.05) is 17.3 Å². The van der Waals surface area contributed by atoms with Gasteiger partial charge >= 0.3 is 5.97 Å². The molecule has 2 N–H and O–H groups in total. The Balaban J connectivity index is 1.43. The van der Waals surface area contributed by atoms with E-state index in [1.165, 1.54) is 7.11 Å². The SMILES string of the molecule is CCCN[C@@H](Cc1ccc(OCCNC(=O)c2ccc(-c3ccccn3)cc2)cc1)C(=O)OC. The molecule has 3 aromatic rings. The Morgan fingerprint density at radius 1 is 0.971 bits per heavy atom. The number of carbonyl (C=O) groups excluding carboxylic acids is 2. The van der Waals surface area contributed by atoms with Crippen molar-refractivity contribution in [3.63, 3.8) is 0 Å². The zero-order valence-corrected chi connectivity index (χ0v) is 19.6. The number of pyridine rings is 1. The molecule has 0 aliphatic rings. The van der Waals surface area contributed by atoms with Gasteiger partial charge in [0.2, 0.25) is 0 Å². The number of nitrogens with one attached hydrogen (secondary N) is 2. The predicted octanol–water partition coefficient (Wildman–Crippen LogP) is 3.64. The molecule has 7 nitrogen and oxygen atoms in total. The molecule has 178 valence electrons. The van der Waals surface area contributed by atoms with Crippen molar-refractivity contribution in [3.8, 4) is 17.0 Å². The Kier molecular flexibility index (Phi) is 9.61. The molecule has 0 saturated heterocycles. The van der Waals surface area contributed by atoms with Crippen LogP contribution in [0.5, 0.6) is 5.75 Å². The monoisotopic (exact) mass is 461 g/mol. The number of rotatable bonds is 12. The Hall–Kier alpha value is -3.71. The van der Waals surface area contributed by atoms with Crippen LogP contribution in [0.3, 0.4) is 0 Å². The van der Waals surface area contributed by atoms with E-state index in [0.29, 0.717) is 30.9 Å². The van der Waals surface area contributed by atoms with Crippen LogP contribution in [-0.4, -0.2) is 49.7 Å². The van der Waals surface area contributed by atoms with Crippen molar-refractivity contribution in [1.82, 2.24) is 15.6 Å². The molecule has 7 heteroatoms. The smallest absolute Gasteiger partial charge is 0.323 e. The van der Waals surface area contributed by atoms with Crippen LogP contribution >= 0.6 is 0 Å². The van der Waals surface area contributed by atoms with Crippen LogP contribution in [0.15, 0.2) is 72.9 Å². The van der Waals surface area contributed by atoms with Gasteiger partial charge in [0.15, 0.2) is 0 Å². The molecule has 0 aliphatic carbocycles. The van der Waals surface area contributed by atoms with Crippen LogP contribution in [-0.2, 0) is 16.0 Å². The van der Waals surface area contributed by atoms with Gasteiger partial charge in [-0.15, -0.1) is 0 Å². The van der Waals surface area contributed by atoms with Crippen molar-refractivity contribution in [2.24, 2.45) is 0 Å². The molecule has 2 aromatic carbocycles. The van der Waals surface area contributed by atoms with Gasteiger partial charge in [-0.25, -0.2) is 0 Å². The number of ether oxygens (including phenoxy) is 2. The summed E-state index contributed by atoms with van der Waals surface area (Å²) in [5, 5.41) is 6.08. The number of esters is 1. The van der Waals surface area contributed by atoms with Crippen molar-refractivity contribution in [1.29, 1.82) is 0 Å². The van der Waals surface area contributed by atoms with E-state index in [1.54, 1.807) is 18.3 Å². The second-order valence-corrected chi connectivity index (χ2v) is 7.77. The van der Waals surface area contributed by atoms with Crippen LogP contribution in [0.25, 0.3) is 11.3 Å². The topological polar surface area (TPSA) is 89.5 Å². The van der Waals surface area contributed by atoms with E-state index in [-0.39, 0.29) is 17.9 Å². The third kappa shape index (κ3) is 7.42. The summed E-state index contributed by atoms with van der Waals surface area (Å²) in [6.45, 7) is 3.53. The molecular formula is C27H31N3O4. The minimum absolute atomic E-state index is 0.153. The van der Waals surface area contributed by atoms with E-state index in [0.717, 1.165) is 29.8 Å². The lowest BCUT2D eigenvalue weighted by Gasteiger charge is -2.16. The van der Waals surface area contributed by atoms with Gasteiger partial charge in [-0.2, -0.15) is 0 Å². The third-order valence-corrected chi connectivity index (χ3v) is 5.25. The first-order valence-electron chi connectivity index (χ1n) is 11.4. The third-order valence-electron chi connectivity index (χ3n) is 5.25. The highest BCUT2D eigenvalue weighted by Crippen LogP contribution is 2.17. The molecule has 0 radical (unpaired) electrons. The van der Waals surface area contributed by atoms with Crippen LogP contribution in [0.2, 0.25) is 0 Å². The van der Waals surface area contributed by atoms with E-state index >= 15 is 0 Å². The highest BCUT2D eigenvalue weighted by Gasteiger charge is 2.18. The van der Waals surface area contributed by atoms with Crippen molar-refractivity contribution in [2.75, 3.05) is 26.8 Å². The summed E-state index contributed by atoms with van der Waals surface area (Å²) in [6.07, 6.45) is 3.23. The largest absolute Gasteiger partial charge is 0.492 e. The lowest BCUT2D eigenvalue weighted by Crippen LogP contribution is -2.39. The predicted molar refractivity (Wildman–Crippen MR) is 132 cm³/mol. The molecule has 0 spiro atoms. The van der Waals surface area contributed by atoms with E-state index in [9.17, 15) is 9.59 Å². The number of hydrogen-bond donors (Lipinski definition) is 2. The van der Waals surface area contributed by atoms with Crippen molar-refractivity contribution >= 4 is 11.9 Å². The summed E-state index contributed by atoms with van der Waals surface area (Å²) in [5.74, 6) is 0.282. The average molecular weight is 462 g/mol. The summed E-state index contributed by atoms with van der Waals surface area (Å²) in [4.78, 5) is 28.7. The standard InChI is InChI=1S/C27H31N3O4/c1-3-15-28-25(27(32)33-2)19-20-7-13-23(14-8-20)34-18-17-30-26(31)22-11-9-21(10-12-22)24-6-4-5-16-29-24/h4-14,16,25,28H,3,15,17-19H2,1-2H3,(H,30,31)/t25-/m0/s1. The molecule has 0 bridgehead atoms. The second kappa shape index (κ2) is 13.1. The number of amides is 1. The van der Waals surface area contributed by atoms with E-state index in [4.69, 9.17) is 9.47 Å². The van der Waals surface area contributed by atoms with Gasteiger partial charge in [0.05, 0.1) is 19.3 Å². The van der Waals surface area contributed by atoms with E-state index in [2.05, 4.69) is 22.5 Å². The summed E-state index contributed by atoms with van der Waals surface area (Å²) >= 11 is 0.